The number of halogens is 4. The summed E-state index contributed by atoms with van der Waals surface area (Å²) in [6, 6.07) is 2.06. The molecule has 1 unspecified atom stereocenters. The van der Waals surface area contributed by atoms with Crippen LogP contribution in [0.25, 0.3) is 0 Å². The normalized spacial score (nSPS) is 13.7. The molecule has 0 saturated carbocycles. The monoisotopic (exact) mass is 373 g/mol. The van der Waals surface area contributed by atoms with Gasteiger partial charge in [-0.25, -0.2) is 0 Å². The fourth-order valence-electron chi connectivity index (χ4n) is 1.71. The molecule has 0 saturated heterocycles. The van der Waals surface area contributed by atoms with Gasteiger partial charge in [0.05, 0.1) is 0 Å². The second-order valence-corrected chi connectivity index (χ2v) is 6.66. The van der Waals surface area contributed by atoms with Crippen LogP contribution in [0.1, 0.15) is 35.6 Å². The zero-order valence-electron chi connectivity index (χ0n) is 11.5. The Hall–Kier alpha value is -0.110. The summed E-state index contributed by atoms with van der Waals surface area (Å²) in [4.78, 5) is 2.29. The summed E-state index contributed by atoms with van der Waals surface area (Å²) in [5.41, 5.74) is 0. The molecule has 116 valence electrons. The van der Waals surface area contributed by atoms with Crippen molar-refractivity contribution in [3.05, 3.63) is 20.3 Å². The number of nitrogens with one attached hydrogen (secondary N) is 1. The maximum Gasteiger partial charge on any atom is 0.411 e. The number of hydrogen-bond donors (Lipinski definition) is 1. The molecular formula is C13H19BrF3NOS. The second kappa shape index (κ2) is 8.36. The number of rotatable bonds is 8. The highest BCUT2D eigenvalue weighted by molar-refractivity contribution is 9.10. The lowest BCUT2D eigenvalue weighted by Crippen LogP contribution is -2.24. The minimum Gasteiger partial charge on any atom is -0.372 e. The van der Waals surface area contributed by atoms with Crippen molar-refractivity contribution in [1.82, 2.24) is 5.32 Å². The van der Waals surface area contributed by atoms with Crippen molar-refractivity contribution in [2.75, 3.05) is 19.8 Å². The molecule has 7 heteroatoms. The van der Waals surface area contributed by atoms with Gasteiger partial charge in [0.25, 0.3) is 0 Å². The maximum atomic E-state index is 12.0. The van der Waals surface area contributed by atoms with Crippen molar-refractivity contribution in [1.29, 1.82) is 0 Å². The molecule has 1 atom stereocenters. The molecule has 0 spiro atoms. The van der Waals surface area contributed by atoms with Crippen LogP contribution in [0.4, 0.5) is 13.2 Å². The Morgan fingerprint density at radius 3 is 2.65 bits per heavy atom. The average molecular weight is 374 g/mol. The number of alkyl halides is 3. The summed E-state index contributed by atoms with van der Waals surface area (Å²) in [5, 5.41) is 3.35. The smallest absolute Gasteiger partial charge is 0.372 e. The zero-order valence-corrected chi connectivity index (χ0v) is 13.9. The summed E-state index contributed by atoms with van der Waals surface area (Å²) in [7, 11) is 0. The van der Waals surface area contributed by atoms with Gasteiger partial charge in [-0.3, -0.25) is 0 Å². The first-order valence-electron chi connectivity index (χ1n) is 6.47. The Morgan fingerprint density at radius 2 is 2.15 bits per heavy atom. The first kappa shape index (κ1) is 17.9. The molecule has 0 aliphatic rings. The van der Waals surface area contributed by atoms with Gasteiger partial charge in [-0.1, -0.05) is 6.92 Å². The fourth-order valence-corrected chi connectivity index (χ4v) is 3.38. The standard InChI is InChI=1S/C13H19BrF3NOS/c1-3-5-18-11(4-6-19-8-13(15,16)17)12-7-10(14)9(2)20-12/h7,11,18H,3-6,8H2,1-2H3. The Morgan fingerprint density at radius 1 is 1.45 bits per heavy atom. The minimum atomic E-state index is -4.26. The number of hydrogen-bond acceptors (Lipinski definition) is 3. The van der Waals surface area contributed by atoms with Gasteiger partial charge in [0.15, 0.2) is 0 Å². The molecule has 1 rings (SSSR count). The Bertz CT molecular complexity index is 389. The Kier molecular flexibility index (Phi) is 7.50. The number of thiophene rings is 1. The second-order valence-electron chi connectivity index (χ2n) is 4.52. The summed E-state index contributed by atoms with van der Waals surface area (Å²) < 4.78 is 41.8. The molecule has 0 aliphatic carbocycles. The van der Waals surface area contributed by atoms with Crippen molar-refractivity contribution in [3.8, 4) is 0 Å². The number of aryl methyl sites for hydroxylation is 1. The molecule has 1 heterocycles. The molecule has 0 aliphatic heterocycles. The Balaban J connectivity index is 2.52. The SMILES string of the molecule is CCCNC(CCOCC(F)(F)F)c1cc(Br)c(C)s1. The molecule has 0 radical (unpaired) electrons. The van der Waals surface area contributed by atoms with Crippen LogP contribution in [-0.2, 0) is 4.74 Å². The third-order valence-corrected chi connectivity index (χ3v) is 4.93. The van der Waals surface area contributed by atoms with Crippen LogP contribution in [0.5, 0.6) is 0 Å². The maximum absolute atomic E-state index is 12.0. The van der Waals surface area contributed by atoms with E-state index in [4.69, 9.17) is 4.74 Å². The van der Waals surface area contributed by atoms with Crippen molar-refractivity contribution in [2.24, 2.45) is 0 Å². The molecule has 1 aromatic heterocycles. The summed E-state index contributed by atoms with van der Waals surface area (Å²) >= 11 is 5.11. The summed E-state index contributed by atoms with van der Waals surface area (Å²) in [6.45, 7) is 3.81. The summed E-state index contributed by atoms with van der Waals surface area (Å²) in [5.74, 6) is 0. The van der Waals surface area contributed by atoms with Gasteiger partial charge >= 0.3 is 6.18 Å². The van der Waals surface area contributed by atoms with Crippen LogP contribution in [0.15, 0.2) is 10.5 Å². The molecule has 20 heavy (non-hydrogen) atoms. The van der Waals surface area contributed by atoms with E-state index >= 15 is 0 Å². The minimum absolute atomic E-state index is 0.0400. The van der Waals surface area contributed by atoms with Gasteiger partial charge < -0.3 is 10.1 Å². The molecule has 0 bridgehead atoms. The first-order chi connectivity index (χ1) is 9.33. The molecule has 0 fully saturated rings. The van der Waals surface area contributed by atoms with Crippen LogP contribution in [-0.4, -0.2) is 25.9 Å². The lowest BCUT2D eigenvalue weighted by Gasteiger charge is -2.17. The molecule has 1 N–H and O–H groups in total. The van der Waals surface area contributed by atoms with E-state index in [2.05, 4.69) is 28.2 Å². The van der Waals surface area contributed by atoms with E-state index in [1.165, 1.54) is 4.88 Å². The van der Waals surface area contributed by atoms with E-state index in [1.807, 2.05) is 13.0 Å². The first-order valence-corrected chi connectivity index (χ1v) is 8.08. The highest BCUT2D eigenvalue weighted by Crippen LogP contribution is 2.32. The summed E-state index contributed by atoms with van der Waals surface area (Å²) in [6.07, 6.45) is -2.75. The van der Waals surface area contributed by atoms with Gasteiger partial charge in [-0.15, -0.1) is 11.3 Å². The Labute approximate surface area is 129 Å². The van der Waals surface area contributed by atoms with E-state index in [1.54, 1.807) is 11.3 Å². The zero-order chi connectivity index (χ0) is 15.2. The van der Waals surface area contributed by atoms with Gasteiger partial charge in [-0.05, 0) is 48.3 Å². The number of ether oxygens (including phenoxy) is 1. The van der Waals surface area contributed by atoms with Crippen LogP contribution < -0.4 is 5.32 Å². The fraction of sp³-hybridized carbons (Fsp3) is 0.692. The van der Waals surface area contributed by atoms with E-state index in [-0.39, 0.29) is 12.6 Å². The quantitative estimate of drug-likeness (QED) is 0.659. The van der Waals surface area contributed by atoms with Crippen LogP contribution >= 0.6 is 27.3 Å². The predicted molar refractivity (Wildman–Crippen MR) is 79.3 cm³/mol. The molecule has 1 aromatic rings. The lowest BCUT2D eigenvalue weighted by molar-refractivity contribution is -0.174. The van der Waals surface area contributed by atoms with Crippen LogP contribution in [0, 0.1) is 6.92 Å². The van der Waals surface area contributed by atoms with Crippen molar-refractivity contribution in [2.45, 2.75) is 38.9 Å². The molecule has 0 aromatic carbocycles. The van der Waals surface area contributed by atoms with Crippen LogP contribution in [0.2, 0.25) is 0 Å². The lowest BCUT2D eigenvalue weighted by atomic mass is 10.1. The average Bonchev–Trinajstić information content (AvgIpc) is 2.67. The van der Waals surface area contributed by atoms with E-state index < -0.39 is 12.8 Å². The third kappa shape index (κ3) is 6.56. The van der Waals surface area contributed by atoms with E-state index in [0.29, 0.717) is 6.42 Å². The van der Waals surface area contributed by atoms with Gasteiger partial charge in [0.1, 0.15) is 6.61 Å². The largest absolute Gasteiger partial charge is 0.411 e. The van der Waals surface area contributed by atoms with Crippen LogP contribution in [0.3, 0.4) is 0 Å². The van der Waals surface area contributed by atoms with Gasteiger partial charge in [0.2, 0.25) is 0 Å². The topological polar surface area (TPSA) is 21.3 Å². The molecular weight excluding hydrogens is 355 g/mol. The third-order valence-electron chi connectivity index (χ3n) is 2.68. The van der Waals surface area contributed by atoms with E-state index in [9.17, 15) is 13.2 Å². The predicted octanol–water partition coefficient (Wildman–Crippen LogP) is 4.83. The van der Waals surface area contributed by atoms with Gasteiger partial charge in [0, 0.05) is 26.9 Å². The van der Waals surface area contributed by atoms with Crippen molar-refractivity contribution >= 4 is 27.3 Å². The van der Waals surface area contributed by atoms with Gasteiger partial charge in [-0.2, -0.15) is 13.2 Å². The van der Waals surface area contributed by atoms with Crippen molar-refractivity contribution < 1.29 is 17.9 Å². The van der Waals surface area contributed by atoms with E-state index in [0.717, 1.165) is 22.3 Å². The molecule has 2 nitrogen and oxygen atoms in total. The van der Waals surface area contributed by atoms with Crippen molar-refractivity contribution in [3.63, 3.8) is 0 Å². The molecule has 0 amide bonds. The highest BCUT2D eigenvalue weighted by atomic mass is 79.9. The highest BCUT2D eigenvalue weighted by Gasteiger charge is 2.27.